The fraction of sp³-hybridized carbons (Fsp3) is 0.226. The first-order valence-corrected chi connectivity index (χ1v) is 14.9. The maximum Gasteiger partial charge on any atom is 0.283 e. The Bertz CT molecular complexity index is 1610. The number of halogens is 1. The van der Waals surface area contributed by atoms with Crippen molar-refractivity contribution >= 4 is 55.7 Å². The van der Waals surface area contributed by atoms with Crippen molar-refractivity contribution in [1.29, 1.82) is 5.41 Å². The number of benzene rings is 3. The van der Waals surface area contributed by atoms with E-state index >= 15 is 0 Å². The van der Waals surface area contributed by atoms with E-state index in [4.69, 9.17) is 24.4 Å². The molecular formula is C31H29BrN4O5S. The van der Waals surface area contributed by atoms with Crippen LogP contribution in [0.4, 0.5) is 0 Å². The number of aryl methyl sites for hydroxylation is 2. The van der Waals surface area contributed by atoms with Crippen LogP contribution < -0.4 is 18.9 Å². The number of nitrogens with zero attached hydrogens (tertiary/aromatic N) is 3. The van der Waals surface area contributed by atoms with Crippen LogP contribution in [0.15, 0.2) is 80.8 Å². The minimum Gasteiger partial charge on any atom is -0.493 e. The highest BCUT2D eigenvalue weighted by Crippen LogP contribution is 2.38. The molecule has 9 nitrogen and oxygen atoms in total. The molecular weight excluding hydrogens is 620 g/mol. The van der Waals surface area contributed by atoms with Gasteiger partial charge in [-0.05, 0) is 100 Å². The summed E-state index contributed by atoms with van der Waals surface area (Å²) in [4.78, 5) is 17.1. The first-order chi connectivity index (χ1) is 20.3. The van der Waals surface area contributed by atoms with E-state index in [0.717, 1.165) is 17.7 Å². The van der Waals surface area contributed by atoms with Gasteiger partial charge in [-0.15, -0.1) is 0 Å². The fourth-order valence-corrected chi connectivity index (χ4v) is 5.67. The van der Waals surface area contributed by atoms with Crippen molar-refractivity contribution in [2.45, 2.75) is 20.3 Å². The smallest absolute Gasteiger partial charge is 0.283 e. The molecule has 0 atom stereocenters. The molecule has 216 valence electrons. The molecule has 1 N–H and O–H groups in total. The first-order valence-electron chi connectivity index (χ1n) is 13.2. The Hall–Kier alpha value is -4.09. The summed E-state index contributed by atoms with van der Waals surface area (Å²) in [6.07, 6.45) is 2.53. The van der Waals surface area contributed by atoms with Crippen molar-refractivity contribution < 1.29 is 23.7 Å². The molecule has 0 unspecified atom stereocenters. The zero-order valence-electron chi connectivity index (χ0n) is 23.3. The van der Waals surface area contributed by atoms with E-state index in [1.807, 2.05) is 49.4 Å². The highest BCUT2D eigenvalue weighted by molar-refractivity contribution is 9.10. The van der Waals surface area contributed by atoms with Gasteiger partial charge in [-0.1, -0.05) is 31.2 Å². The van der Waals surface area contributed by atoms with Crippen molar-refractivity contribution in [1.82, 2.24) is 5.01 Å². The molecule has 2 aliphatic heterocycles. The van der Waals surface area contributed by atoms with E-state index < -0.39 is 5.91 Å². The number of fused-ring (bicyclic) bond motifs is 1. The number of ether oxygens (including phenoxy) is 4. The van der Waals surface area contributed by atoms with Gasteiger partial charge in [-0.2, -0.15) is 15.1 Å². The summed E-state index contributed by atoms with van der Waals surface area (Å²) < 4.78 is 23.9. The topological polar surface area (TPSA) is 106 Å². The maximum absolute atomic E-state index is 12.9. The number of carbonyl (C=O) groups is 1. The number of amidine groups is 2. The highest BCUT2D eigenvalue weighted by Gasteiger charge is 2.35. The Morgan fingerprint density at radius 1 is 1.02 bits per heavy atom. The number of carbonyl (C=O) groups excluding carboxylic acids is 1. The molecule has 5 rings (SSSR count). The second kappa shape index (κ2) is 13.3. The minimum atomic E-state index is -0.519. The molecule has 2 heterocycles. The Kier molecular flexibility index (Phi) is 9.28. The van der Waals surface area contributed by atoms with Crippen LogP contribution in [-0.4, -0.2) is 53.9 Å². The predicted molar refractivity (Wildman–Crippen MR) is 169 cm³/mol. The molecule has 0 fully saturated rings. The number of hydrogen-bond donors (Lipinski definition) is 1. The van der Waals surface area contributed by atoms with Gasteiger partial charge in [0, 0.05) is 0 Å². The average Bonchev–Trinajstić information content (AvgIpc) is 3.40. The number of methoxy groups -OCH3 is 1. The third-order valence-corrected chi connectivity index (χ3v) is 7.75. The number of hydrogen-bond acceptors (Lipinski definition) is 8. The zero-order chi connectivity index (χ0) is 29.6. The quantitative estimate of drug-likeness (QED) is 0.187. The molecule has 0 aliphatic carbocycles. The van der Waals surface area contributed by atoms with Gasteiger partial charge in [-0.25, -0.2) is 0 Å². The summed E-state index contributed by atoms with van der Waals surface area (Å²) in [5.41, 5.74) is 3.11. The summed E-state index contributed by atoms with van der Waals surface area (Å²) in [6.45, 7) is 5.01. The maximum atomic E-state index is 12.9. The van der Waals surface area contributed by atoms with Gasteiger partial charge in [0.1, 0.15) is 36.4 Å². The van der Waals surface area contributed by atoms with Crippen LogP contribution in [0.1, 0.15) is 23.6 Å². The summed E-state index contributed by atoms with van der Waals surface area (Å²) >= 11 is 4.77. The molecule has 0 saturated heterocycles. The molecule has 11 heteroatoms. The predicted octanol–water partition coefficient (Wildman–Crippen LogP) is 6.48. The van der Waals surface area contributed by atoms with Crippen LogP contribution in [-0.2, 0) is 11.2 Å². The first kappa shape index (κ1) is 29.4. The van der Waals surface area contributed by atoms with E-state index in [2.05, 4.69) is 39.0 Å². The summed E-state index contributed by atoms with van der Waals surface area (Å²) in [7, 11) is 1.54. The molecule has 42 heavy (non-hydrogen) atoms. The van der Waals surface area contributed by atoms with Gasteiger partial charge in [-0.3, -0.25) is 10.2 Å². The highest BCUT2D eigenvalue weighted by atomic mass is 79.9. The third-order valence-electron chi connectivity index (χ3n) is 6.28. The number of thioether (sulfide) groups is 1. The molecule has 0 saturated carbocycles. The molecule has 3 aromatic rings. The Morgan fingerprint density at radius 3 is 2.57 bits per heavy atom. The number of nitrogens with one attached hydrogen (secondary N) is 1. The number of hydrazone groups is 1. The van der Waals surface area contributed by atoms with Crippen molar-refractivity contribution in [3.05, 3.63) is 87.4 Å². The molecule has 0 aromatic heterocycles. The zero-order valence-corrected chi connectivity index (χ0v) is 25.8. The van der Waals surface area contributed by atoms with Crippen molar-refractivity contribution in [3.8, 4) is 23.0 Å². The van der Waals surface area contributed by atoms with E-state index in [0.29, 0.717) is 50.7 Å². The van der Waals surface area contributed by atoms with E-state index in [1.54, 1.807) is 25.3 Å². The largest absolute Gasteiger partial charge is 0.493 e. The number of para-hydroxylation sites is 1. The fourth-order valence-electron chi connectivity index (χ4n) is 4.30. The van der Waals surface area contributed by atoms with Crippen LogP contribution in [0, 0.1) is 12.3 Å². The Morgan fingerprint density at radius 2 is 1.81 bits per heavy atom. The van der Waals surface area contributed by atoms with Crippen LogP contribution in [0.5, 0.6) is 23.0 Å². The standard InChI is InChI=1S/C31H29BrN4O5S/c1-4-20-12-19(2)13-23(14-20)39-10-11-40-28-25(32)16-21(17-26(28)38-3)15-24-29(33)36-31(34-30(24)37)42-27(35-36)18-41-22-8-6-5-7-9-22/h5-9,12-17,33H,4,10-11,18H2,1-3H3/b24-15-,33-29?. The lowest BCUT2D eigenvalue weighted by Crippen LogP contribution is -2.35. The second-order valence-electron chi connectivity index (χ2n) is 9.35. The van der Waals surface area contributed by atoms with Crippen LogP contribution in [0.25, 0.3) is 6.08 Å². The van der Waals surface area contributed by atoms with Crippen molar-refractivity contribution in [2.75, 3.05) is 26.9 Å². The lowest BCUT2D eigenvalue weighted by molar-refractivity contribution is -0.114. The van der Waals surface area contributed by atoms with E-state index in [1.165, 1.54) is 22.3 Å². The van der Waals surface area contributed by atoms with Gasteiger partial charge < -0.3 is 18.9 Å². The number of rotatable bonds is 11. The molecule has 0 radical (unpaired) electrons. The van der Waals surface area contributed by atoms with E-state index in [9.17, 15) is 4.79 Å². The van der Waals surface area contributed by atoms with Gasteiger partial charge in [0.05, 0.1) is 17.2 Å². The Balaban J connectivity index is 1.26. The van der Waals surface area contributed by atoms with Gasteiger partial charge >= 0.3 is 0 Å². The van der Waals surface area contributed by atoms with Crippen LogP contribution in [0.2, 0.25) is 0 Å². The molecule has 3 aromatic carbocycles. The second-order valence-corrected chi connectivity index (χ2v) is 11.2. The van der Waals surface area contributed by atoms with Crippen molar-refractivity contribution in [2.24, 2.45) is 10.1 Å². The summed E-state index contributed by atoms with van der Waals surface area (Å²) in [6, 6.07) is 19.1. The number of aliphatic imine (C=N–C) groups is 1. The monoisotopic (exact) mass is 648 g/mol. The molecule has 0 spiro atoms. The molecule has 1 amide bonds. The molecule has 2 aliphatic rings. The average molecular weight is 650 g/mol. The normalized spacial score (nSPS) is 15.3. The number of amides is 1. The van der Waals surface area contributed by atoms with Crippen LogP contribution in [0.3, 0.4) is 0 Å². The third kappa shape index (κ3) is 6.85. The minimum absolute atomic E-state index is 0.0674. The molecule has 0 bridgehead atoms. The lowest BCUT2D eigenvalue weighted by atomic mass is 10.1. The van der Waals surface area contributed by atoms with Crippen LogP contribution >= 0.6 is 27.7 Å². The van der Waals surface area contributed by atoms with Gasteiger partial charge in [0.2, 0.25) is 5.17 Å². The van der Waals surface area contributed by atoms with Crippen molar-refractivity contribution in [3.63, 3.8) is 0 Å². The van der Waals surface area contributed by atoms with Gasteiger partial charge in [0.15, 0.2) is 17.3 Å². The summed E-state index contributed by atoms with van der Waals surface area (Å²) in [5, 5.41) is 15.4. The summed E-state index contributed by atoms with van der Waals surface area (Å²) in [5.74, 6) is 1.90. The SMILES string of the molecule is CCc1cc(C)cc(OCCOc2c(Br)cc(/C=C3/C(=N)N4N=C(COc5ccccc5)SC4=NC3=O)cc2OC)c1. The Labute approximate surface area is 256 Å². The lowest BCUT2D eigenvalue weighted by Gasteiger charge is -2.20. The van der Waals surface area contributed by atoms with Gasteiger partial charge in [0.25, 0.3) is 5.91 Å². The van der Waals surface area contributed by atoms with E-state index in [-0.39, 0.29) is 18.0 Å².